The minimum atomic E-state index is -0.566. The number of H-pyrrole nitrogens is 2. The number of hydrogen-bond donors (Lipinski definition) is 2. The molecular weight excluding hydrogens is 498 g/mol. The molecule has 0 atom stereocenters. The number of methoxy groups -OCH3 is 2. The van der Waals surface area contributed by atoms with Crippen LogP contribution in [0.2, 0.25) is 0 Å². The van der Waals surface area contributed by atoms with Gasteiger partial charge in [-0.05, 0) is 62.4 Å². The molecule has 2 aliphatic rings. The van der Waals surface area contributed by atoms with Gasteiger partial charge in [-0.2, -0.15) is 0 Å². The van der Waals surface area contributed by atoms with Crippen molar-refractivity contribution in [3.63, 3.8) is 0 Å². The first-order valence-corrected chi connectivity index (χ1v) is 12.1. The normalized spacial score (nSPS) is 16.7. The van der Waals surface area contributed by atoms with Gasteiger partial charge in [0, 0.05) is 20.3 Å². The number of aliphatic imine (C=N–C) groups is 2. The van der Waals surface area contributed by atoms with Gasteiger partial charge in [0.05, 0.1) is 59.0 Å². The third-order valence-corrected chi connectivity index (χ3v) is 6.07. The first-order valence-electron chi connectivity index (χ1n) is 12.1. The third kappa shape index (κ3) is 5.35. The molecule has 10 nitrogen and oxygen atoms in total. The average molecular weight is 528 g/mol. The van der Waals surface area contributed by atoms with Crippen molar-refractivity contribution in [1.29, 1.82) is 0 Å². The maximum atomic E-state index is 13.4. The Labute approximate surface area is 225 Å². The SMILES string of the molecule is COC(=O)C(=C1C=CC=N1)c1ccc(/C(C(=O)N(C)C)=c2/ccc(=C(C(=O)OC)C3=NC(=C(C)C)C=C3)[nH]2)[nH]1. The van der Waals surface area contributed by atoms with E-state index in [2.05, 4.69) is 20.0 Å². The molecular formula is C29H29N5O5. The fourth-order valence-electron chi connectivity index (χ4n) is 4.11. The number of rotatable bonds is 6. The molecule has 0 saturated heterocycles. The minimum absolute atomic E-state index is 0.236. The van der Waals surface area contributed by atoms with Crippen LogP contribution >= 0.6 is 0 Å². The van der Waals surface area contributed by atoms with Crippen LogP contribution in [0.1, 0.15) is 25.2 Å². The Morgan fingerprint density at radius 2 is 1.38 bits per heavy atom. The number of aromatic amines is 2. The lowest BCUT2D eigenvalue weighted by molar-refractivity contribution is -0.134. The summed E-state index contributed by atoms with van der Waals surface area (Å²) in [5.41, 5.74) is 4.34. The summed E-state index contributed by atoms with van der Waals surface area (Å²) in [4.78, 5) is 55.4. The van der Waals surface area contributed by atoms with E-state index in [1.165, 1.54) is 19.1 Å². The quantitative estimate of drug-likeness (QED) is 0.437. The van der Waals surface area contributed by atoms with Gasteiger partial charge in [0.1, 0.15) is 11.1 Å². The highest BCUT2D eigenvalue weighted by atomic mass is 16.5. The van der Waals surface area contributed by atoms with Gasteiger partial charge in [0.25, 0.3) is 5.91 Å². The van der Waals surface area contributed by atoms with Crippen molar-refractivity contribution < 1.29 is 23.9 Å². The molecule has 2 aliphatic heterocycles. The van der Waals surface area contributed by atoms with Crippen LogP contribution in [0.4, 0.5) is 0 Å². The van der Waals surface area contributed by atoms with Gasteiger partial charge in [0.15, 0.2) is 0 Å². The standard InChI is InChI=1S/C29H29N5O5/c1-16(2)17-9-10-22(31-17)26(29(37)39-6)23-14-12-20(33-23)24(27(35)34(3)4)19-11-13-21(32-19)25(28(36)38-5)18-8-7-15-30-18/h7-15,32-33H,1-6H3/b24-20+,25-18?,26-23?. The summed E-state index contributed by atoms with van der Waals surface area (Å²) in [5.74, 6) is -1.43. The summed E-state index contributed by atoms with van der Waals surface area (Å²) in [5, 5.41) is 0.892. The molecule has 0 bridgehead atoms. The van der Waals surface area contributed by atoms with Crippen molar-refractivity contribution >= 4 is 46.5 Å². The molecule has 1 amide bonds. The summed E-state index contributed by atoms with van der Waals surface area (Å²) < 4.78 is 10.0. The fraction of sp³-hybridized carbons (Fsp3) is 0.207. The number of nitrogens with one attached hydrogen (secondary N) is 2. The molecule has 0 aliphatic carbocycles. The highest BCUT2D eigenvalue weighted by Gasteiger charge is 2.24. The maximum absolute atomic E-state index is 13.4. The monoisotopic (exact) mass is 527 g/mol. The lowest BCUT2D eigenvalue weighted by atomic mass is 10.1. The smallest absolute Gasteiger partial charge is 0.342 e. The zero-order valence-electron chi connectivity index (χ0n) is 22.6. The first-order chi connectivity index (χ1) is 18.7. The van der Waals surface area contributed by atoms with E-state index in [1.807, 2.05) is 19.9 Å². The van der Waals surface area contributed by atoms with E-state index >= 15 is 0 Å². The van der Waals surface area contributed by atoms with Crippen molar-refractivity contribution in [3.8, 4) is 0 Å². The molecule has 0 aromatic carbocycles. The Balaban J connectivity index is 1.95. The number of carbonyl (C=O) groups excluding carboxylic acids is 3. The average Bonchev–Trinajstić information content (AvgIpc) is 3.73. The molecule has 0 spiro atoms. The largest absolute Gasteiger partial charge is 0.465 e. The second kappa shape index (κ2) is 11.2. The molecule has 39 heavy (non-hydrogen) atoms. The number of carbonyl (C=O) groups is 3. The van der Waals surface area contributed by atoms with Crippen LogP contribution in [0.5, 0.6) is 0 Å². The van der Waals surface area contributed by atoms with Crippen molar-refractivity contribution in [2.75, 3.05) is 28.3 Å². The lowest BCUT2D eigenvalue weighted by Gasteiger charge is -2.12. The van der Waals surface area contributed by atoms with Crippen molar-refractivity contribution in [3.05, 3.63) is 87.6 Å². The summed E-state index contributed by atoms with van der Waals surface area (Å²) in [6, 6.07) is 6.80. The summed E-state index contributed by atoms with van der Waals surface area (Å²) in [6.07, 6.45) is 8.58. The maximum Gasteiger partial charge on any atom is 0.342 e. The molecule has 0 fully saturated rings. The van der Waals surface area contributed by atoms with Crippen LogP contribution in [0.25, 0.3) is 16.7 Å². The molecule has 4 heterocycles. The Morgan fingerprint density at radius 3 is 1.92 bits per heavy atom. The molecule has 0 radical (unpaired) electrons. The van der Waals surface area contributed by atoms with E-state index in [9.17, 15) is 14.4 Å². The zero-order chi connectivity index (χ0) is 28.3. The molecule has 10 heteroatoms. The van der Waals surface area contributed by atoms with Crippen LogP contribution in [-0.4, -0.2) is 73.0 Å². The number of esters is 2. The van der Waals surface area contributed by atoms with Crippen LogP contribution in [0, 0.1) is 0 Å². The molecule has 0 unspecified atom stereocenters. The van der Waals surface area contributed by atoms with E-state index < -0.39 is 11.9 Å². The first kappa shape index (κ1) is 27.1. The van der Waals surface area contributed by atoms with Crippen molar-refractivity contribution in [2.45, 2.75) is 13.8 Å². The Hall–Kier alpha value is -4.99. The number of likely N-dealkylation sites (N-methyl/N-ethyl adjacent to an activating group) is 1. The molecule has 0 saturated carbocycles. The topological polar surface area (TPSA) is 129 Å². The highest BCUT2D eigenvalue weighted by Crippen LogP contribution is 2.25. The second-order valence-corrected chi connectivity index (χ2v) is 9.12. The van der Waals surface area contributed by atoms with Gasteiger partial charge >= 0.3 is 11.9 Å². The highest BCUT2D eigenvalue weighted by molar-refractivity contribution is 6.44. The van der Waals surface area contributed by atoms with E-state index in [-0.39, 0.29) is 17.1 Å². The van der Waals surface area contributed by atoms with Crippen LogP contribution in [-0.2, 0) is 23.9 Å². The molecule has 200 valence electrons. The summed E-state index contributed by atoms with van der Waals surface area (Å²) >= 11 is 0. The predicted octanol–water partition coefficient (Wildman–Crippen LogP) is 1.78. The van der Waals surface area contributed by atoms with Crippen LogP contribution in [0.3, 0.4) is 0 Å². The number of nitrogens with zero attached hydrogens (tertiary/aromatic N) is 3. The molecule has 2 aromatic heterocycles. The van der Waals surface area contributed by atoms with Gasteiger partial charge in [-0.1, -0.05) is 5.57 Å². The van der Waals surface area contributed by atoms with E-state index in [0.29, 0.717) is 39.1 Å². The fourth-order valence-corrected chi connectivity index (χ4v) is 4.11. The number of allylic oxidation sites excluding steroid dienone is 5. The van der Waals surface area contributed by atoms with Crippen LogP contribution in [0.15, 0.2) is 75.5 Å². The second-order valence-electron chi connectivity index (χ2n) is 9.12. The third-order valence-electron chi connectivity index (χ3n) is 6.07. The molecule has 2 N–H and O–H groups in total. The zero-order valence-corrected chi connectivity index (χ0v) is 22.6. The number of hydrogen-bond acceptors (Lipinski definition) is 7. The van der Waals surface area contributed by atoms with Gasteiger partial charge in [-0.25, -0.2) is 14.6 Å². The lowest BCUT2D eigenvalue weighted by Crippen LogP contribution is -2.30. The summed E-state index contributed by atoms with van der Waals surface area (Å²) in [7, 11) is 5.88. The van der Waals surface area contributed by atoms with Gasteiger partial charge in [-0.3, -0.25) is 9.79 Å². The van der Waals surface area contributed by atoms with Gasteiger partial charge < -0.3 is 24.3 Å². The number of amides is 1. The number of aromatic nitrogens is 2. The Kier molecular flexibility index (Phi) is 7.75. The Bertz CT molecular complexity index is 1650. The van der Waals surface area contributed by atoms with E-state index in [0.717, 1.165) is 11.3 Å². The summed E-state index contributed by atoms with van der Waals surface area (Å²) in [6.45, 7) is 3.87. The van der Waals surface area contributed by atoms with E-state index in [1.54, 1.807) is 62.8 Å². The molecule has 4 rings (SSSR count). The van der Waals surface area contributed by atoms with Crippen LogP contribution < -0.4 is 10.7 Å². The van der Waals surface area contributed by atoms with Crippen molar-refractivity contribution in [2.24, 2.45) is 9.98 Å². The van der Waals surface area contributed by atoms with Gasteiger partial charge in [-0.15, -0.1) is 0 Å². The van der Waals surface area contributed by atoms with Gasteiger partial charge in [0.2, 0.25) is 0 Å². The number of ether oxygens (including phenoxy) is 2. The van der Waals surface area contributed by atoms with Crippen molar-refractivity contribution in [1.82, 2.24) is 14.9 Å². The molecule has 2 aromatic rings. The minimum Gasteiger partial charge on any atom is -0.465 e. The Morgan fingerprint density at radius 1 is 0.769 bits per heavy atom. The van der Waals surface area contributed by atoms with E-state index in [4.69, 9.17) is 9.47 Å². The predicted molar refractivity (Wildman–Crippen MR) is 149 cm³/mol.